The smallest absolute Gasteiger partial charge is 0.416 e. The molecule has 0 bridgehead atoms. The molecule has 1 heterocycles. The van der Waals surface area contributed by atoms with Gasteiger partial charge in [-0.3, -0.25) is 9.59 Å². The Morgan fingerprint density at radius 1 is 1.15 bits per heavy atom. The van der Waals surface area contributed by atoms with Gasteiger partial charge in [-0.15, -0.1) is 0 Å². The van der Waals surface area contributed by atoms with Crippen molar-refractivity contribution in [2.45, 2.75) is 26.1 Å². The Balaban J connectivity index is 2.01. The maximum atomic E-state index is 12.5. The standard InChI is InChI=1S/C18H17F3N2O4/c1-10(24)12-8-15(23(3)9-12)17(26)27-11(2)16(25)22-14-6-4-13(5-7-14)18(19,20)21/h4-9,11H,1-3H3,(H,22,25)/t11-/m0/s1. The number of amides is 1. The fourth-order valence-electron chi connectivity index (χ4n) is 2.22. The van der Waals surface area contributed by atoms with E-state index >= 15 is 0 Å². The molecule has 2 aromatic rings. The van der Waals surface area contributed by atoms with Crippen LogP contribution in [-0.4, -0.2) is 28.3 Å². The molecule has 1 aromatic heterocycles. The summed E-state index contributed by atoms with van der Waals surface area (Å²) in [5.74, 6) is -1.73. The lowest BCUT2D eigenvalue weighted by Crippen LogP contribution is -2.30. The first kappa shape index (κ1) is 20.2. The first-order valence-corrected chi connectivity index (χ1v) is 7.85. The number of benzene rings is 1. The van der Waals surface area contributed by atoms with Crippen molar-refractivity contribution in [3.63, 3.8) is 0 Å². The van der Waals surface area contributed by atoms with Crippen LogP contribution >= 0.6 is 0 Å². The quantitative estimate of drug-likeness (QED) is 0.635. The number of anilines is 1. The van der Waals surface area contributed by atoms with Crippen LogP contribution in [0.2, 0.25) is 0 Å². The van der Waals surface area contributed by atoms with E-state index in [0.717, 1.165) is 24.3 Å². The summed E-state index contributed by atoms with van der Waals surface area (Å²) in [6, 6.07) is 5.22. The number of Topliss-reactive ketones (excluding diaryl/α,β-unsaturated/α-hetero) is 1. The van der Waals surface area contributed by atoms with E-state index in [1.807, 2.05) is 0 Å². The zero-order chi connectivity index (χ0) is 20.4. The number of hydrogen-bond donors (Lipinski definition) is 1. The van der Waals surface area contributed by atoms with Gasteiger partial charge in [-0.05, 0) is 44.2 Å². The van der Waals surface area contributed by atoms with Crippen LogP contribution in [0, 0.1) is 0 Å². The molecule has 0 radical (unpaired) electrons. The number of rotatable bonds is 5. The zero-order valence-corrected chi connectivity index (χ0v) is 14.8. The van der Waals surface area contributed by atoms with Crippen LogP contribution in [0.3, 0.4) is 0 Å². The van der Waals surface area contributed by atoms with Crippen molar-refractivity contribution in [1.29, 1.82) is 0 Å². The van der Waals surface area contributed by atoms with Gasteiger partial charge in [0.2, 0.25) is 0 Å². The number of alkyl halides is 3. The van der Waals surface area contributed by atoms with Gasteiger partial charge in [-0.1, -0.05) is 0 Å². The molecule has 0 saturated heterocycles. The number of aryl methyl sites for hydroxylation is 1. The van der Waals surface area contributed by atoms with Crippen molar-refractivity contribution in [2.24, 2.45) is 7.05 Å². The molecule has 0 saturated carbocycles. The third-order valence-electron chi connectivity index (χ3n) is 3.75. The van der Waals surface area contributed by atoms with Crippen molar-refractivity contribution >= 4 is 23.3 Å². The average Bonchev–Trinajstić information content (AvgIpc) is 2.96. The lowest BCUT2D eigenvalue weighted by Gasteiger charge is -2.14. The van der Waals surface area contributed by atoms with Crippen LogP contribution in [0.25, 0.3) is 0 Å². The predicted molar refractivity (Wildman–Crippen MR) is 90.4 cm³/mol. The molecule has 27 heavy (non-hydrogen) atoms. The molecule has 0 unspecified atom stereocenters. The van der Waals surface area contributed by atoms with Gasteiger partial charge in [0.25, 0.3) is 5.91 Å². The number of esters is 1. The summed E-state index contributed by atoms with van der Waals surface area (Å²) in [5.41, 5.74) is -0.292. The minimum absolute atomic E-state index is 0.0920. The zero-order valence-electron chi connectivity index (χ0n) is 14.8. The van der Waals surface area contributed by atoms with Crippen molar-refractivity contribution in [1.82, 2.24) is 4.57 Å². The molecule has 1 amide bonds. The van der Waals surface area contributed by atoms with E-state index in [4.69, 9.17) is 4.74 Å². The highest BCUT2D eigenvalue weighted by atomic mass is 19.4. The normalized spacial score (nSPS) is 12.4. The van der Waals surface area contributed by atoms with E-state index in [1.54, 1.807) is 7.05 Å². The number of ether oxygens (including phenoxy) is 1. The maximum absolute atomic E-state index is 12.5. The largest absolute Gasteiger partial charge is 0.448 e. The monoisotopic (exact) mass is 382 g/mol. The summed E-state index contributed by atoms with van der Waals surface area (Å²) in [5, 5.41) is 2.37. The van der Waals surface area contributed by atoms with Gasteiger partial charge in [0.1, 0.15) is 5.69 Å². The molecule has 1 aromatic carbocycles. The van der Waals surface area contributed by atoms with Crippen LogP contribution in [-0.2, 0) is 22.8 Å². The van der Waals surface area contributed by atoms with Gasteiger partial charge in [-0.25, -0.2) is 4.79 Å². The highest BCUT2D eigenvalue weighted by molar-refractivity contribution is 5.99. The summed E-state index contributed by atoms with van der Waals surface area (Å²) in [4.78, 5) is 35.6. The van der Waals surface area contributed by atoms with Gasteiger partial charge in [0.15, 0.2) is 11.9 Å². The summed E-state index contributed by atoms with van der Waals surface area (Å²) in [7, 11) is 1.55. The molecule has 0 aliphatic carbocycles. The van der Waals surface area contributed by atoms with Crippen molar-refractivity contribution in [3.8, 4) is 0 Å². The second kappa shape index (κ2) is 7.65. The molecular weight excluding hydrogens is 365 g/mol. The van der Waals surface area contributed by atoms with E-state index in [2.05, 4.69) is 5.32 Å². The van der Waals surface area contributed by atoms with Crippen LogP contribution in [0.15, 0.2) is 36.5 Å². The van der Waals surface area contributed by atoms with Crippen molar-refractivity contribution < 1.29 is 32.3 Å². The Bertz CT molecular complexity index is 870. The summed E-state index contributed by atoms with van der Waals surface area (Å²) in [6.45, 7) is 2.68. The lowest BCUT2D eigenvalue weighted by molar-refractivity contribution is -0.137. The lowest BCUT2D eigenvalue weighted by atomic mass is 10.2. The molecule has 0 fully saturated rings. The van der Waals surface area contributed by atoms with E-state index in [-0.39, 0.29) is 17.2 Å². The van der Waals surface area contributed by atoms with Gasteiger partial charge < -0.3 is 14.6 Å². The van der Waals surface area contributed by atoms with Gasteiger partial charge in [-0.2, -0.15) is 13.2 Å². The molecule has 1 atom stereocenters. The number of hydrogen-bond acceptors (Lipinski definition) is 4. The molecule has 0 spiro atoms. The second-order valence-corrected chi connectivity index (χ2v) is 5.89. The Morgan fingerprint density at radius 2 is 1.74 bits per heavy atom. The Morgan fingerprint density at radius 3 is 2.22 bits per heavy atom. The molecule has 1 N–H and O–H groups in total. The van der Waals surface area contributed by atoms with Crippen LogP contribution in [0.5, 0.6) is 0 Å². The molecule has 2 rings (SSSR count). The minimum atomic E-state index is -4.47. The predicted octanol–water partition coefficient (Wildman–Crippen LogP) is 3.43. The Labute approximate surface area is 152 Å². The fourth-order valence-corrected chi connectivity index (χ4v) is 2.22. The number of nitrogens with zero attached hydrogens (tertiary/aromatic N) is 1. The maximum Gasteiger partial charge on any atom is 0.416 e. The average molecular weight is 382 g/mol. The van der Waals surface area contributed by atoms with Crippen LogP contribution in [0.1, 0.15) is 40.3 Å². The second-order valence-electron chi connectivity index (χ2n) is 5.89. The van der Waals surface area contributed by atoms with E-state index in [1.165, 1.54) is 30.7 Å². The molecule has 0 aliphatic rings. The van der Waals surface area contributed by atoms with E-state index < -0.39 is 29.7 Å². The number of halogens is 3. The topological polar surface area (TPSA) is 77.4 Å². The summed E-state index contributed by atoms with van der Waals surface area (Å²) < 4.78 is 44.1. The first-order chi connectivity index (χ1) is 12.5. The van der Waals surface area contributed by atoms with Crippen molar-refractivity contribution in [3.05, 3.63) is 53.3 Å². The van der Waals surface area contributed by atoms with E-state index in [9.17, 15) is 27.6 Å². The fraction of sp³-hybridized carbons (Fsp3) is 0.278. The van der Waals surface area contributed by atoms with Crippen LogP contribution in [0.4, 0.5) is 18.9 Å². The molecule has 6 nitrogen and oxygen atoms in total. The summed E-state index contributed by atoms with van der Waals surface area (Å²) in [6.07, 6.45) is -4.21. The number of nitrogens with one attached hydrogen (secondary N) is 1. The Hall–Kier alpha value is -3.10. The Kier molecular flexibility index (Phi) is 5.72. The SMILES string of the molecule is CC(=O)c1cc(C(=O)O[C@@H](C)C(=O)Nc2ccc(C(F)(F)F)cc2)n(C)c1. The number of aromatic nitrogens is 1. The number of carbonyl (C=O) groups excluding carboxylic acids is 3. The first-order valence-electron chi connectivity index (χ1n) is 7.85. The highest BCUT2D eigenvalue weighted by Crippen LogP contribution is 2.29. The van der Waals surface area contributed by atoms with E-state index in [0.29, 0.717) is 5.56 Å². The minimum Gasteiger partial charge on any atom is -0.448 e. The van der Waals surface area contributed by atoms with Gasteiger partial charge >= 0.3 is 12.1 Å². The van der Waals surface area contributed by atoms with Gasteiger partial charge in [0.05, 0.1) is 5.56 Å². The highest BCUT2D eigenvalue weighted by Gasteiger charge is 2.30. The molecule has 0 aliphatic heterocycles. The molecule has 144 valence electrons. The molecule has 9 heteroatoms. The third kappa shape index (κ3) is 4.96. The van der Waals surface area contributed by atoms with Gasteiger partial charge in [0, 0.05) is 24.5 Å². The number of ketones is 1. The third-order valence-corrected chi connectivity index (χ3v) is 3.75. The summed E-state index contributed by atoms with van der Waals surface area (Å²) >= 11 is 0. The molecular formula is C18H17F3N2O4. The number of carbonyl (C=O) groups is 3. The van der Waals surface area contributed by atoms with Crippen LogP contribution < -0.4 is 5.32 Å². The van der Waals surface area contributed by atoms with Crippen molar-refractivity contribution in [2.75, 3.05) is 5.32 Å².